The van der Waals surface area contributed by atoms with Gasteiger partial charge in [-0.2, -0.15) is 0 Å². The van der Waals surface area contributed by atoms with Crippen LogP contribution in [-0.2, 0) is 0 Å². The Hall–Kier alpha value is -2.26. The monoisotopic (exact) mass is 271 g/mol. The molecule has 0 spiro atoms. The molecular formula is C15H10ClNO2. The Morgan fingerprint density at radius 1 is 1.05 bits per heavy atom. The fraction of sp³-hybridized carbons (Fsp3) is 0. The van der Waals surface area contributed by atoms with Crippen LogP contribution < -0.4 is 11.2 Å². The molecule has 0 unspecified atom stereocenters. The van der Waals surface area contributed by atoms with E-state index in [-0.39, 0.29) is 11.1 Å². The summed E-state index contributed by atoms with van der Waals surface area (Å²) in [5.74, 6) is 0.375. The lowest BCUT2D eigenvalue weighted by molar-refractivity contribution is 0.621. The Balaban J connectivity index is 2.38. The maximum Gasteiger partial charge on any atom is 0.216 e. The van der Waals surface area contributed by atoms with Crippen molar-refractivity contribution in [2.75, 3.05) is 5.73 Å². The van der Waals surface area contributed by atoms with Crippen molar-refractivity contribution in [2.45, 2.75) is 0 Å². The number of nitrogen functional groups attached to an aromatic ring is 1. The van der Waals surface area contributed by atoms with E-state index in [1.54, 1.807) is 18.2 Å². The molecule has 0 aliphatic carbocycles. The van der Waals surface area contributed by atoms with Gasteiger partial charge in [-0.3, -0.25) is 4.79 Å². The number of halogens is 1. The van der Waals surface area contributed by atoms with Crippen LogP contribution in [0.25, 0.3) is 22.3 Å². The number of rotatable bonds is 1. The molecule has 0 fully saturated rings. The fourth-order valence-electron chi connectivity index (χ4n) is 1.99. The predicted octanol–water partition coefficient (Wildman–Crippen LogP) is 3.70. The molecule has 94 valence electrons. The molecular weight excluding hydrogens is 262 g/mol. The molecule has 0 amide bonds. The standard InChI is InChI=1S/C15H10ClNO2/c16-10-6-7-11-12(8-10)19-15(13(17)14(11)18)9-4-2-1-3-5-9/h1-8H,17H2. The van der Waals surface area contributed by atoms with Gasteiger partial charge in [0, 0.05) is 16.7 Å². The van der Waals surface area contributed by atoms with Crippen molar-refractivity contribution in [1.29, 1.82) is 0 Å². The van der Waals surface area contributed by atoms with E-state index in [2.05, 4.69) is 0 Å². The van der Waals surface area contributed by atoms with Crippen LogP contribution in [0, 0.1) is 0 Å². The highest BCUT2D eigenvalue weighted by atomic mass is 35.5. The van der Waals surface area contributed by atoms with E-state index in [4.69, 9.17) is 21.8 Å². The molecule has 1 aromatic heterocycles. The second-order valence-electron chi connectivity index (χ2n) is 4.18. The minimum absolute atomic E-state index is 0.112. The molecule has 0 saturated heterocycles. The van der Waals surface area contributed by atoms with Crippen LogP contribution in [0.15, 0.2) is 57.7 Å². The Labute approximate surface area is 114 Å². The van der Waals surface area contributed by atoms with Crippen LogP contribution in [0.2, 0.25) is 5.02 Å². The summed E-state index contributed by atoms with van der Waals surface area (Å²) < 4.78 is 5.73. The first-order chi connectivity index (χ1) is 9.16. The lowest BCUT2D eigenvalue weighted by Gasteiger charge is -2.06. The van der Waals surface area contributed by atoms with Gasteiger partial charge in [-0.05, 0) is 12.1 Å². The molecule has 1 heterocycles. The second kappa shape index (κ2) is 4.44. The van der Waals surface area contributed by atoms with Gasteiger partial charge in [-0.1, -0.05) is 41.9 Å². The third-order valence-corrected chi connectivity index (χ3v) is 3.16. The van der Waals surface area contributed by atoms with Gasteiger partial charge < -0.3 is 10.2 Å². The minimum atomic E-state index is -0.239. The summed E-state index contributed by atoms with van der Waals surface area (Å²) in [5.41, 5.74) is 6.95. The lowest BCUT2D eigenvalue weighted by Crippen LogP contribution is -2.09. The average Bonchev–Trinajstić information content (AvgIpc) is 2.43. The molecule has 2 N–H and O–H groups in total. The molecule has 0 atom stereocenters. The van der Waals surface area contributed by atoms with Crippen molar-refractivity contribution in [1.82, 2.24) is 0 Å². The summed E-state index contributed by atoms with van der Waals surface area (Å²) in [6.07, 6.45) is 0. The highest BCUT2D eigenvalue weighted by molar-refractivity contribution is 6.31. The maximum absolute atomic E-state index is 12.2. The Bertz CT molecular complexity index is 809. The highest BCUT2D eigenvalue weighted by Crippen LogP contribution is 2.28. The van der Waals surface area contributed by atoms with E-state index in [0.717, 1.165) is 5.56 Å². The first-order valence-corrected chi connectivity index (χ1v) is 6.12. The van der Waals surface area contributed by atoms with E-state index in [1.807, 2.05) is 30.3 Å². The Kier molecular flexibility index (Phi) is 2.76. The van der Waals surface area contributed by atoms with Crippen molar-refractivity contribution in [3.63, 3.8) is 0 Å². The third-order valence-electron chi connectivity index (χ3n) is 2.93. The van der Waals surface area contributed by atoms with Gasteiger partial charge in [-0.25, -0.2) is 0 Å². The molecule has 3 nitrogen and oxygen atoms in total. The van der Waals surface area contributed by atoms with E-state index in [9.17, 15) is 4.79 Å². The van der Waals surface area contributed by atoms with Gasteiger partial charge >= 0.3 is 0 Å². The number of fused-ring (bicyclic) bond motifs is 1. The van der Waals surface area contributed by atoms with Crippen LogP contribution >= 0.6 is 11.6 Å². The van der Waals surface area contributed by atoms with Gasteiger partial charge in [0.05, 0.1) is 5.39 Å². The molecule has 4 heteroatoms. The van der Waals surface area contributed by atoms with Crippen molar-refractivity contribution >= 4 is 28.3 Å². The molecule has 0 aliphatic heterocycles. The molecule has 0 saturated carbocycles. The molecule has 19 heavy (non-hydrogen) atoms. The summed E-state index contributed by atoms with van der Waals surface area (Å²) in [6.45, 7) is 0. The van der Waals surface area contributed by atoms with E-state index in [1.165, 1.54) is 0 Å². The van der Waals surface area contributed by atoms with Gasteiger partial charge in [0.15, 0.2) is 5.76 Å². The maximum atomic E-state index is 12.2. The summed E-state index contributed by atoms with van der Waals surface area (Å²) in [5, 5.41) is 0.945. The summed E-state index contributed by atoms with van der Waals surface area (Å²) in [7, 11) is 0. The van der Waals surface area contributed by atoms with Crippen molar-refractivity contribution in [3.05, 3.63) is 63.8 Å². The fourth-order valence-corrected chi connectivity index (χ4v) is 2.15. The van der Waals surface area contributed by atoms with Crippen LogP contribution in [0.4, 0.5) is 5.69 Å². The summed E-state index contributed by atoms with van der Waals surface area (Å²) in [4.78, 5) is 12.2. The highest BCUT2D eigenvalue weighted by Gasteiger charge is 2.13. The largest absolute Gasteiger partial charge is 0.454 e. The van der Waals surface area contributed by atoms with Gasteiger partial charge in [0.2, 0.25) is 5.43 Å². The zero-order chi connectivity index (χ0) is 13.4. The average molecular weight is 272 g/mol. The minimum Gasteiger partial charge on any atom is -0.454 e. The predicted molar refractivity (Wildman–Crippen MR) is 77.3 cm³/mol. The lowest BCUT2D eigenvalue weighted by atomic mass is 10.1. The molecule has 0 radical (unpaired) electrons. The topological polar surface area (TPSA) is 56.2 Å². The zero-order valence-corrected chi connectivity index (χ0v) is 10.6. The van der Waals surface area contributed by atoms with E-state index >= 15 is 0 Å². The molecule has 2 aromatic carbocycles. The zero-order valence-electron chi connectivity index (χ0n) is 9.89. The molecule has 0 aliphatic rings. The van der Waals surface area contributed by atoms with E-state index in [0.29, 0.717) is 21.8 Å². The van der Waals surface area contributed by atoms with Gasteiger partial charge in [0.1, 0.15) is 11.3 Å². The van der Waals surface area contributed by atoms with Crippen LogP contribution in [-0.4, -0.2) is 0 Å². The van der Waals surface area contributed by atoms with Crippen LogP contribution in [0.5, 0.6) is 0 Å². The van der Waals surface area contributed by atoms with E-state index < -0.39 is 0 Å². The Morgan fingerprint density at radius 3 is 2.53 bits per heavy atom. The smallest absolute Gasteiger partial charge is 0.216 e. The second-order valence-corrected chi connectivity index (χ2v) is 4.62. The number of benzene rings is 2. The molecule has 3 rings (SSSR count). The first kappa shape index (κ1) is 11.8. The van der Waals surface area contributed by atoms with Crippen molar-refractivity contribution in [3.8, 4) is 11.3 Å². The normalized spacial score (nSPS) is 10.8. The number of hydrogen-bond donors (Lipinski definition) is 1. The molecule has 0 bridgehead atoms. The number of nitrogens with two attached hydrogens (primary N) is 1. The number of hydrogen-bond acceptors (Lipinski definition) is 3. The van der Waals surface area contributed by atoms with Gasteiger partial charge in [0.25, 0.3) is 0 Å². The first-order valence-electron chi connectivity index (χ1n) is 5.74. The van der Waals surface area contributed by atoms with Crippen LogP contribution in [0.3, 0.4) is 0 Å². The molecule has 3 aromatic rings. The van der Waals surface area contributed by atoms with Gasteiger partial charge in [-0.15, -0.1) is 0 Å². The Morgan fingerprint density at radius 2 is 1.79 bits per heavy atom. The van der Waals surface area contributed by atoms with Crippen LogP contribution in [0.1, 0.15) is 0 Å². The summed E-state index contributed by atoms with van der Waals surface area (Å²) in [6, 6.07) is 14.2. The van der Waals surface area contributed by atoms with Crippen molar-refractivity contribution < 1.29 is 4.42 Å². The quantitative estimate of drug-likeness (QED) is 0.734. The third kappa shape index (κ3) is 1.98. The SMILES string of the molecule is Nc1c(-c2ccccc2)oc2cc(Cl)ccc2c1=O. The summed E-state index contributed by atoms with van der Waals surface area (Å²) >= 11 is 5.92. The van der Waals surface area contributed by atoms with Crippen molar-refractivity contribution in [2.24, 2.45) is 0 Å². The number of anilines is 1.